The van der Waals surface area contributed by atoms with E-state index < -0.39 is 0 Å². The average molecular weight is 628 g/mol. The normalized spacial score (nSPS) is 11.3. The van der Waals surface area contributed by atoms with Crippen LogP contribution >= 0.6 is 0 Å². The highest BCUT2D eigenvalue weighted by Crippen LogP contribution is 2.38. The lowest BCUT2D eigenvalue weighted by atomic mass is 9.97. The number of ether oxygens (including phenoxy) is 5. The van der Waals surface area contributed by atoms with E-state index in [0.717, 1.165) is 72.2 Å². The quantitative estimate of drug-likeness (QED) is 0.0480. The number of carbonyl (C=O) groups excluding carboxylic acids is 2. The minimum atomic E-state index is -0.382. The summed E-state index contributed by atoms with van der Waals surface area (Å²) in [6, 6.07) is 21.6. The standard InChI is InChI=1S/C38H45NO7/c1-39(22-24-46-38(41)36-31-17-11-9-15-29(31)27-30-16-10-12-18-32(30)36)21-13-7-5-6-8-14-23-45-35(40)20-19-28-25-33(42-2)37(44-4)34(26-28)43-3/h9-12,15-20,25-27H,5-8,13-14,21-24H2,1-4H3/b20-19+. The molecule has 8 nitrogen and oxygen atoms in total. The van der Waals surface area contributed by atoms with E-state index in [2.05, 4.69) is 18.0 Å². The summed E-state index contributed by atoms with van der Waals surface area (Å²) in [5, 5.41) is 3.91. The number of fused-ring (bicyclic) bond motifs is 2. The molecule has 0 bridgehead atoms. The van der Waals surface area contributed by atoms with Crippen LogP contribution in [0.1, 0.15) is 54.4 Å². The van der Waals surface area contributed by atoms with Gasteiger partial charge in [0.2, 0.25) is 5.75 Å². The van der Waals surface area contributed by atoms with Gasteiger partial charge in [-0.3, -0.25) is 0 Å². The smallest absolute Gasteiger partial charge is 0.339 e. The molecule has 46 heavy (non-hydrogen) atoms. The molecule has 0 atom stereocenters. The van der Waals surface area contributed by atoms with E-state index in [1.807, 2.05) is 48.5 Å². The second-order valence-corrected chi connectivity index (χ2v) is 11.2. The van der Waals surface area contributed by atoms with Gasteiger partial charge in [-0.2, -0.15) is 0 Å². The summed E-state index contributed by atoms with van der Waals surface area (Å²) < 4.78 is 27.1. The summed E-state index contributed by atoms with van der Waals surface area (Å²) in [6.07, 6.45) is 9.36. The first-order valence-corrected chi connectivity index (χ1v) is 15.9. The van der Waals surface area contributed by atoms with Gasteiger partial charge < -0.3 is 28.6 Å². The highest BCUT2D eigenvalue weighted by molar-refractivity contribution is 6.16. The Balaban J connectivity index is 1.07. The topological polar surface area (TPSA) is 83.5 Å². The van der Waals surface area contributed by atoms with Gasteiger partial charge in [0.15, 0.2) is 11.5 Å². The van der Waals surface area contributed by atoms with Crippen LogP contribution in [0, 0.1) is 0 Å². The number of esters is 2. The summed E-state index contributed by atoms with van der Waals surface area (Å²) in [5.41, 5.74) is 1.38. The van der Waals surface area contributed by atoms with E-state index in [4.69, 9.17) is 23.7 Å². The molecule has 4 aromatic rings. The number of hydrogen-bond donors (Lipinski definition) is 0. The number of unbranched alkanes of at least 4 members (excludes halogenated alkanes) is 5. The number of likely N-dealkylation sites (N-methyl/N-ethyl adjacent to an activating group) is 1. The van der Waals surface area contributed by atoms with Crippen molar-refractivity contribution in [2.75, 3.05) is 54.7 Å². The Hall–Kier alpha value is -4.56. The van der Waals surface area contributed by atoms with Gasteiger partial charge in [0.25, 0.3) is 0 Å². The summed E-state index contributed by atoms with van der Waals surface area (Å²) in [7, 11) is 6.71. The highest BCUT2D eigenvalue weighted by atomic mass is 16.5. The lowest BCUT2D eigenvalue weighted by Gasteiger charge is -2.17. The fourth-order valence-corrected chi connectivity index (χ4v) is 5.49. The van der Waals surface area contributed by atoms with Crippen molar-refractivity contribution in [1.82, 2.24) is 4.90 Å². The predicted octanol–water partition coefficient (Wildman–Crippen LogP) is 7.70. The van der Waals surface area contributed by atoms with E-state index in [1.54, 1.807) is 39.5 Å². The maximum absolute atomic E-state index is 13.2. The predicted molar refractivity (Wildman–Crippen MR) is 183 cm³/mol. The summed E-state index contributed by atoms with van der Waals surface area (Å²) in [5.74, 6) is 0.888. The second-order valence-electron chi connectivity index (χ2n) is 11.2. The lowest BCUT2D eigenvalue weighted by Crippen LogP contribution is -2.25. The van der Waals surface area contributed by atoms with Gasteiger partial charge in [-0.1, -0.05) is 74.2 Å². The summed E-state index contributed by atoms with van der Waals surface area (Å²) in [6.45, 7) is 2.39. The molecule has 0 saturated carbocycles. The minimum absolute atomic E-state index is 0.276. The number of hydrogen-bond acceptors (Lipinski definition) is 8. The Bertz CT molecular complexity index is 1550. The van der Waals surface area contributed by atoms with Gasteiger partial charge in [0, 0.05) is 12.6 Å². The molecule has 0 radical (unpaired) electrons. The highest BCUT2D eigenvalue weighted by Gasteiger charge is 2.16. The Morgan fingerprint density at radius 1 is 0.674 bits per heavy atom. The molecule has 8 heteroatoms. The number of benzene rings is 4. The van der Waals surface area contributed by atoms with Crippen LogP contribution in [-0.4, -0.2) is 71.5 Å². The van der Waals surface area contributed by atoms with E-state index in [-0.39, 0.29) is 11.9 Å². The Morgan fingerprint density at radius 2 is 1.26 bits per heavy atom. The van der Waals surface area contributed by atoms with Crippen LogP contribution in [0.4, 0.5) is 0 Å². The van der Waals surface area contributed by atoms with Crippen LogP contribution in [0.2, 0.25) is 0 Å². The maximum atomic E-state index is 13.2. The zero-order chi connectivity index (χ0) is 32.7. The molecule has 0 unspecified atom stereocenters. The number of rotatable bonds is 18. The van der Waals surface area contributed by atoms with Crippen molar-refractivity contribution in [3.05, 3.63) is 83.9 Å². The van der Waals surface area contributed by atoms with Crippen molar-refractivity contribution in [1.29, 1.82) is 0 Å². The van der Waals surface area contributed by atoms with Crippen molar-refractivity contribution >= 4 is 39.6 Å². The van der Waals surface area contributed by atoms with Crippen LogP contribution in [0.5, 0.6) is 17.2 Å². The molecule has 0 heterocycles. The van der Waals surface area contributed by atoms with Crippen molar-refractivity contribution < 1.29 is 33.3 Å². The molecule has 0 spiro atoms. The molecule has 0 saturated heterocycles. The van der Waals surface area contributed by atoms with Crippen LogP contribution in [0.3, 0.4) is 0 Å². The summed E-state index contributed by atoms with van der Waals surface area (Å²) >= 11 is 0. The SMILES string of the molecule is COc1cc(/C=C/C(=O)OCCCCCCCCN(C)CCOC(=O)c2c3ccccc3cc3ccccc23)cc(OC)c1OC. The number of nitrogens with zero attached hydrogens (tertiary/aromatic N) is 1. The zero-order valence-electron chi connectivity index (χ0n) is 27.4. The third kappa shape index (κ3) is 9.47. The fraction of sp³-hybridized carbons (Fsp3) is 0.368. The van der Waals surface area contributed by atoms with Crippen LogP contribution in [0.15, 0.2) is 72.8 Å². The van der Waals surface area contributed by atoms with Gasteiger partial charge in [0.1, 0.15) is 6.61 Å². The Morgan fingerprint density at radius 3 is 1.87 bits per heavy atom. The molecule has 0 amide bonds. The molecule has 0 aromatic heterocycles. The first kappa shape index (κ1) is 34.3. The van der Waals surface area contributed by atoms with E-state index >= 15 is 0 Å². The molecule has 0 aliphatic rings. The summed E-state index contributed by atoms with van der Waals surface area (Å²) in [4.78, 5) is 27.5. The molecular formula is C38H45NO7. The van der Waals surface area contributed by atoms with Gasteiger partial charge in [-0.15, -0.1) is 0 Å². The van der Waals surface area contributed by atoms with Crippen LogP contribution < -0.4 is 14.2 Å². The Labute approximate surface area is 271 Å². The van der Waals surface area contributed by atoms with E-state index in [9.17, 15) is 9.59 Å². The second kappa shape index (κ2) is 17.8. The van der Waals surface area contributed by atoms with E-state index in [1.165, 1.54) is 6.08 Å². The lowest BCUT2D eigenvalue weighted by molar-refractivity contribution is -0.137. The van der Waals surface area contributed by atoms with Gasteiger partial charge >= 0.3 is 11.9 Å². The molecule has 4 aromatic carbocycles. The van der Waals surface area contributed by atoms with Crippen molar-refractivity contribution in [2.45, 2.75) is 38.5 Å². The molecule has 244 valence electrons. The fourth-order valence-electron chi connectivity index (χ4n) is 5.49. The molecule has 0 aliphatic heterocycles. The minimum Gasteiger partial charge on any atom is -0.493 e. The monoisotopic (exact) mass is 627 g/mol. The van der Waals surface area contributed by atoms with Crippen LogP contribution in [0.25, 0.3) is 27.6 Å². The third-order valence-electron chi connectivity index (χ3n) is 7.96. The Kier molecular flexibility index (Phi) is 13.3. The van der Waals surface area contributed by atoms with Crippen molar-refractivity contribution in [3.63, 3.8) is 0 Å². The number of carbonyl (C=O) groups is 2. The van der Waals surface area contributed by atoms with Crippen LogP contribution in [-0.2, 0) is 14.3 Å². The van der Waals surface area contributed by atoms with Gasteiger partial charge in [-0.25, -0.2) is 9.59 Å². The average Bonchev–Trinajstić information content (AvgIpc) is 3.08. The molecule has 0 fully saturated rings. The molecule has 0 N–H and O–H groups in total. The third-order valence-corrected chi connectivity index (χ3v) is 7.96. The van der Waals surface area contributed by atoms with Gasteiger partial charge in [-0.05, 0) is 77.8 Å². The first-order valence-electron chi connectivity index (χ1n) is 15.9. The number of methoxy groups -OCH3 is 3. The molecule has 4 rings (SSSR count). The largest absolute Gasteiger partial charge is 0.493 e. The van der Waals surface area contributed by atoms with Gasteiger partial charge in [0.05, 0.1) is 33.5 Å². The molecule has 0 aliphatic carbocycles. The first-order chi connectivity index (χ1) is 22.4. The maximum Gasteiger partial charge on any atom is 0.339 e. The van der Waals surface area contributed by atoms with Crippen molar-refractivity contribution in [2.24, 2.45) is 0 Å². The zero-order valence-corrected chi connectivity index (χ0v) is 27.4. The molecular weight excluding hydrogens is 582 g/mol. The van der Waals surface area contributed by atoms with Crippen molar-refractivity contribution in [3.8, 4) is 17.2 Å². The van der Waals surface area contributed by atoms with E-state index in [0.29, 0.717) is 42.6 Å².